The fourth-order valence-corrected chi connectivity index (χ4v) is 4.39. The van der Waals surface area contributed by atoms with Crippen molar-refractivity contribution in [1.29, 1.82) is 0 Å². The predicted molar refractivity (Wildman–Crippen MR) is 152 cm³/mol. The Morgan fingerprint density at radius 1 is 1.10 bits per heavy atom. The smallest absolute Gasteiger partial charge is 0.247 e. The number of fused-ring (bicyclic) bond motifs is 1. The normalized spacial score (nSPS) is 10.8. The van der Waals surface area contributed by atoms with E-state index in [1.807, 2.05) is 0 Å². The Hall–Kier alpha value is -4.13. The Bertz CT molecular complexity index is 1510. The van der Waals surface area contributed by atoms with Crippen molar-refractivity contribution in [2.24, 2.45) is 7.05 Å². The molecule has 0 bridgehead atoms. The van der Waals surface area contributed by atoms with Gasteiger partial charge in [-0.3, -0.25) is 9.48 Å². The fourth-order valence-electron chi connectivity index (χ4n) is 3.69. The van der Waals surface area contributed by atoms with Crippen molar-refractivity contribution in [2.75, 3.05) is 50.4 Å². The first-order chi connectivity index (χ1) is 18.8. The van der Waals surface area contributed by atoms with Gasteiger partial charge in [0.15, 0.2) is 11.6 Å². The first-order valence-electron chi connectivity index (χ1n) is 11.5. The van der Waals surface area contributed by atoms with Gasteiger partial charge in [-0.25, -0.2) is 15.0 Å². The van der Waals surface area contributed by atoms with Gasteiger partial charge in [0.25, 0.3) is 0 Å². The van der Waals surface area contributed by atoms with E-state index in [4.69, 9.17) is 42.4 Å². The van der Waals surface area contributed by atoms with Crippen LogP contribution in [0.1, 0.15) is 0 Å². The molecule has 4 rings (SSSR count). The minimum Gasteiger partial charge on any atom is -0.495 e. The number of aromatic nitrogens is 5. The second-order valence-electron chi connectivity index (χ2n) is 8.07. The Morgan fingerprint density at radius 3 is 2.46 bits per heavy atom. The highest BCUT2D eigenvalue weighted by Crippen LogP contribution is 2.46. The number of pyridine rings is 1. The third kappa shape index (κ3) is 5.98. The predicted octanol–water partition coefficient (Wildman–Crippen LogP) is 4.68. The standard InChI is InChI=1S/C25H26Cl2N8O4/c1-6-18(36)30-15-12-35(2)34-23(15)33-25-29-11-13-9-14(31-24(22(13)32-25)28-7-8-37-3)19-20(26)16(38-4)10-17(39-5)21(19)27/h6,9-12H,1,7-8H2,2-5H3,(H,28,31)(H,30,36)(H,29,32,33,34). The van der Waals surface area contributed by atoms with Gasteiger partial charge in [0, 0.05) is 43.9 Å². The molecule has 14 heteroatoms. The lowest BCUT2D eigenvalue weighted by Gasteiger charge is -2.16. The molecule has 204 valence electrons. The van der Waals surface area contributed by atoms with Crippen molar-refractivity contribution in [3.8, 4) is 22.8 Å². The summed E-state index contributed by atoms with van der Waals surface area (Å²) in [6.45, 7) is 4.36. The molecule has 3 aromatic heterocycles. The summed E-state index contributed by atoms with van der Waals surface area (Å²) >= 11 is 13.3. The van der Waals surface area contributed by atoms with Crippen molar-refractivity contribution < 1.29 is 19.0 Å². The van der Waals surface area contributed by atoms with Gasteiger partial charge in [-0.15, -0.1) is 0 Å². The van der Waals surface area contributed by atoms with E-state index in [1.165, 1.54) is 20.3 Å². The van der Waals surface area contributed by atoms with E-state index >= 15 is 0 Å². The Balaban J connectivity index is 1.82. The maximum absolute atomic E-state index is 11.8. The molecule has 0 unspecified atom stereocenters. The molecule has 0 aliphatic rings. The van der Waals surface area contributed by atoms with E-state index in [0.29, 0.717) is 64.1 Å². The number of ether oxygens (including phenoxy) is 3. The van der Waals surface area contributed by atoms with Crippen LogP contribution in [0.25, 0.3) is 22.2 Å². The molecule has 0 radical (unpaired) electrons. The number of methoxy groups -OCH3 is 3. The average molecular weight is 573 g/mol. The molecule has 0 fully saturated rings. The number of rotatable bonds is 11. The summed E-state index contributed by atoms with van der Waals surface area (Å²) in [6, 6.07) is 3.38. The van der Waals surface area contributed by atoms with Crippen LogP contribution in [0, 0.1) is 0 Å². The lowest BCUT2D eigenvalue weighted by molar-refractivity contribution is -0.111. The second kappa shape index (κ2) is 12.2. The quantitative estimate of drug-likeness (QED) is 0.171. The molecule has 12 nitrogen and oxygen atoms in total. The van der Waals surface area contributed by atoms with E-state index in [2.05, 4.69) is 37.6 Å². The number of aryl methyl sites for hydroxylation is 1. The number of carbonyl (C=O) groups excluding carboxylic acids is 1. The van der Waals surface area contributed by atoms with Gasteiger partial charge >= 0.3 is 0 Å². The van der Waals surface area contributed by atoms with Crippen LogP contribution in [0.3, 0.4) is 0 Å². The molecular formula is C25H26Cl2N8O4. The minimum atomic E-state index is -0.377. The van der Waals surface area contributed by atoms with E-state index in [1.54, 1.807) is 43.4 Å². The van der Waals surface area contributed by atoms with Crippen LogP contribution in [0.4, 0.5) is 23.3 Å². The summed E-state index contributed by atoms with van der Waals surface area (Å²) in [5, 5.41) is 14.5. The molecule has 0 spiro atoms. The zero-order valence-electron chi connectivity index (χ0n) is 21.6. The minimum absolute atomic E-state index is 0.235. The molecule has 0 aliphatic carbocycles. The molecule has 0 atom stereocenters. The highest BCUT2D eigenvalue weighted by Gasteiger charge is 2.22. The van der Waals surface area contributed by atoms with Crippen molar-refractivity contribution in [1.82, 2.24) is 24.7 Å². The third-order valence-electron chi connectivity index (χ3n) is 5.50. The van der Waals surface area contributed by atoms with Crippen molar-refractivity contribution >= 4 is 63.3 Å². The van der Waals surface area contributed by atoms with Crippen LogP contribution in [-0.2, 0) is 16.6 Å². The zero-order chi connectivity index (χ0) is 28.1. The number of benzene rings is 1. The molecule has 3 N–H and O–H groups in total. The maximum atomic E-state index is 11.8. The first-order valence-corrected chi connectivity index (χ1v) is 12.3. The maximum Gasteiger partial charge on any atom is 0.247 e. The fraction of sp³-hybridized carbons (Fsp3) is 0.240. The molecule has 3 heterocycles. The van der Waals surface area contributed by atoms with E-state index < -0.39 is 0 Å². The molecule has 1 amide bonds. The van der Waals surface area contributed by atoms with Crippen molar-refractivity contribution in [3.05, 3.63) is 47.2 Å². The van der Waals surface area contributed by atoms with Crippen LogP contribution in [-0.4, -0.2) is 65.1 Å². The summed E-state index contributed by atoms with van der Waals surface area (Å²) in [5.74, 6) is 1.42. The van der Waals surface area contributed by atoms with Gasteiger partial charge in [-0.05, 0) is 12.1 Å². The Morgan fingerprint density at radius 2 is 1.82 bits per heavy atom. The number of hydrogen-bond donors (Lipinski definition) is 3. The van der Waals surface area contributed by atoms with E-state index in [9.17, 15) is 4.79 Å². The molecule has 39 heavy (non-hydrogen) atoms. The number of nitrogens with one attached hydrogen (secondary N) is 3. The summed E-state index contributed by atoms with van der Waals surface area (Å²) < 4.78 is 17.6. The highest BCUT2D eigenvalue weighted by molar-refractivity contribution is 6.41. The average Bonchev–Trinajstić information content (AvgIpc) is 3.26. The summed E-state index contributed by atoms with van der Waals surface area (Å²) in [5.41, 5.74) is 1.85. The van der Waals surface area contributed by atoms with Crippen LogP contribution in [0.2, 0.25) is 10.0 Å². The van der Waals surface area contributed by atoms with Crippen LogP contribution < -0.4 is 25.4 Å². The van der Waals surface area contributed by atoms with Gasteiger partial charge in [0.1, 0.15) is 22.7 Å². The van der Waals surface area contributed by atoms with Crippen LogP contribution in [0.15, 0.2) is 37.2 Å². The molecule has 0 saturated heterocycles. The largest absolute Gasteiger partial charge is 0.495 e. The third-order valence-corrected chi connectivity index (χ3v) is 6.25. The van der Waals surface area contributed by atoms with E-state index in [-0.39, 0.29) is 21.9 Å². The molecule has 4 aromatic rings. The van der Waals surface area contributed by atoms with Gasteiger partial charge in [-0.1, -0.05) is 29.8 Å². The number of hydrogen-bond acceptors (Lipinski definition) is 10. The number of nitrogens with zero attached hydrogens (tertiary/aromatic N) is 5. The monoisotopic (exact) mass is 572 g/mol. The van der Waals surface area contributed by atoms with Gasteiger partial charge < -0.3 is 30.2 Å². The Kier molecular flexibility index (Phi) is 8.69. The zero-order valence-corrected chi connectivity index (χ0v) is 23.1. The Labute approximate surface area is 234 Å². The summed E-state index contributed by atoms with van der Waals surface area (Å²) in [4.78, 5) is 25.7. The van der Waals surface area contributed by atoms with Crippen molar-refractivity contribution in [2.45, 2.75) is 0 Å². The van der Waals surface area contributed by atoms with Crippen LogP contribution >= 0.6 is 23.2 Å². The number of anilines is 4. The molecule has 0 saturated carbocycles. The van der Waals surface area contributed by atoms with Crippen molar-refractivity contribution in [3.63, 3.8) is 0 Å². The van der Waals surface area contributed by atoms with Gasteiger partial charge in [-0.2, -0.15) is 5.10 Å². The lowest BCUT2D eigenvalue weighted by atomic mass is 10.1. The molecular weight excluding hydrogens is 547 g/mol. The topological polar surface area (TPSA) is 137 Å². The number of carbonyl (C=O) groups is 1. The molecule has 1 aromatic carbocycles. The lowest BCUT2D eigenvalue weighted by Crippen LogP contribution is -2.11. The second-order valence-corrected chi connectivity index (χ2v) is 8.83. The van der Waals surface area contributed by atoms with E-state index in [0.717, 1.165) is 0 Å². The van der Waals surface area contributed by atoms with Crippen LogP contribution in [0.5, 0.6) is 11.5 Å². The summed E-state index contributed by atoms with van der Waals surface area (Å²) in [7, 11) is 6.33. The number of halogens is 2. The van der Waals surface area contributed by atoms with Gasteiger partial charge in [0.05, 0.1) is 42.8 Å². The number of amides is 1. The highest BCUT2D eigenvalue weighted by atomic mass is 35.5. The SMILES string of the molecule is C=CC(=O)Nc1cn(C)nc1Nc1ncc2cc(-c3c(Cl)c(OC)cc(OC)c3Cl)nc(NCCOC)c2n1. The summed E-state index contributed by atoms with van der Waals surface area (Å²) in [6.07, 6.45) is 4.44. The molecule has 0 aliphatic heterocycles. The van der Waals surface area contributed by atoms with Gasteiger partial charge in [0.2, 0.25) is 11.9 Å². The first kappa shape index (κ1) is 27.9.